The van der Waals surface area contributed by atoms with E-state index in [4.69, 9.17) is 9.40 Å². The molecule has 1 aliphatic heterocycles. The van der Waals surface area contributed by atoms with Crippen LogP contribution in [0.5, 0.6) is 5.75 Å². The number of halogens is 3. The Morgan fingerprint density at radius 3 is 2.37 bits per heavy atom. The van der Waals surface area contributed by atoms with Crippen LogP contribution in [0.1, 0.15) is 35.8 Å². The lowest BCUT2D eigenvalue weighted by Gasteiger charge is -2.31. The summed E-state index contributed by atoms with van der Waals surface area (Å²) in [6.07, 6.45) is 2.57. The van der Waals surface area contributed by atoms with Gasteiger partial charge in [-0.1, -0.05) is 12.1 Å². The molecule has 0 unspecified atom stereocenters. The number of benzene rings is 2. The molecule has 0 atom stereocenters. The number of piperidine rings is 1. The van der Waals surface area contributed by atoms with Gasteiger partial charge in [-0.05, 0) is 80.7 Å². The minimum atomic E-state index is -4.67. The van der Waals surface area contributed by atoms with Crippen LogP contribution in [0.3, 0.4) is 0 Å². The highest BCUT2D eigenvalue weighted by Crippen LogP contribution is 2.32. The van der Waals surface area contributed by atoms with Gasteiger partial charge in [0.2, 0.25) is 5.89 Å². The third kappa shape index (κ3) is 5.57. The number of hydrogen-bond acceptors (Lipinski definition) is 5. The lowest BCUT2D eigenvalue weighted by molar-refractivity contribution is -0.274. The molecule has 0 bridgehead atoms. The average molecular weight is 483 g/mol. The molecule has 3 heterocycles. The topological polar surface area (TPSA) is 56.3 Å². The number of aromatic nitrogens is 3. The standard InChI is InChI=1S/C26H25F3N4O2/c1-18-24(31-25(34-18)21-2-6-22(7-3-21)33-15-12-30-17-33)16-32-13-10-20(11-14-32)19-4-8-23(9-5-19)35-26(27,28)29/h2-9,12,15,17,20H,10-11,13-14,16H2,1H3. The number of likely N-dealkylation sites (tertiary alicyclic amines) is 1. The van der Waals surface area contributed by atoms with Gasteiger partial charge in [0.25, 0.3) is 0 Å². The van der Waals surface area contributed by atoms with Gasteiger partial charge in [0.1, 0.15) is 11.5 Å². The molecule has 1 fully saturated rings. The second kappa shape index (κ2) is 9.58. The highest BCUT2D eigenvalue weighted by Gasteiger charge is 2.31. The summed E-state index contributed by atoms with van der Waals surface area (Å²) in [6, 6.07) is 14.2. The van der Waals surface area contributed by atoms with Crippen LogP contribution in [0.4, 0.5) is 13.2 Å². The molecule has 0 saturated carbocycles. The van der Waals surface area contributed by atoms with Gasteiger partial charge >= 0.3 is 6.36 Å². The van der Waals surface area contributed by atoms with Crippen LogP contribution in [0.15, 0.2) is 71.7 Å². The number of hydrogen-bond donors (Lipinski definition) is 0. The van der Waals surface area contributed by atoms with Crippen molar-refractivity contribution in [2.75, 3.05) is 13.1 Å². The Bertz CT molecular complexity index is 1240. The van der Waals surface area contributed by atoms with E-state index in [1.807, 2.05) is 42.0 Å². The fourth-order valence-corrected chi connectivity index (χ4v) is 4.46. The van der Waals surface area contributed by atoms with Crippen molar-refractivity contribution < 1.29 is 22.3 Å². The van der Waals surface area contributed by atoms with Crippen LogP contribution in [-0.2, 0) is 6.54 Å². The molecule has 0 N–H and O–H groups in total. The number of rotatable bonds is 6. The van der Waals surface area contributed by atoms with Crippen LogP contribution in [-0.4, -0.2) is 38.9 Å². The molecule has 2 aromatic carbocycles. The summed E-state index contributed by atoms with van der Waals surface area (Å²) in [5.74, 6) is 1.54. The van der Waals surface area contributed by atoms with Gasteiger partial charge in [-0.3, -0.25) is 4.90 Å². The fraction of sp³-hybridized carbons (Fsp3) is 0.308. The van der Waals surface area contributed by atoms with Crippen molar-refractivity contribution in [3.8, 4) is 22.9 Å². The molecule has 182 valence electrons. The number of imidazole rings is 1. The maximum Gasteiger partial charge on any atom is 0.573 e. The zero-order valence-electron chi connectivity index (χ0n) is 19.2. The molecule has 0 aliphatic carbocycles. The number of oxazole rings is 1. The Hall–Kier alpha value is -3.59. The van der Waals surface area contributed by atoms with Crippen LogP contribution in [0, 0.1) is 6.92 Å². The first-order chi connectivity index (χ1) is 16.8. The smallest absolute Gasteiger partial charge is 0.441 e. The van der Waals surface area contributed by atoms with E-state index in [0.29, 0.717) is 18.4 Å². The lowest BCUT2D eigenvalue weighted by atomic mass is 9.89. The molecule has 1 saturated heterocycles. The largest absolute Gasteiger partial charge is 0.573 e. The van der Waals surface area contributed by atoms with E-state index in [1.165, 1.54) is 12.1 Å². The monoisotopic (exact) mass is 482 g/mol. The van der Waals surface area contributed by atoms with Crippen LogP contribution in [0.25, 0.3) is 17.1 Å². The first-order valence-electron chi connectivity index (χ1n) is 11.5. The maximum absolute atomic E-state index is 12.4. The van der Waals surface area contributed by atoms with Crippen molar-refractivity contribution in [3.05, 3.63) is 84.3 Å². The Morgan fingerprint density at radius 2 is 1.74 bits per heavy atom. The van der Waals surface area contributed by atoms with E-state index in [1.54, 1.807) is 24.7 Å². The van der Waals surface area contributed by atoms with Crippen LogP contribution >= 0.6 is 0 Å². The molecule has 0 amide bonds. The van der Waals surface area contributed by atoms with Gasteiger partial charge < -0.3 is 13.7 Å². The summed E-state index contributed by atoms with van der Waals surface area (Å²) >= 11 is 0. The summed E-state index contributed by atoms with van der Waals surface area (Å²) < 4.78 is 49.0. The number of alkyl halides is 3. The minimum absolute atomic E-state index is 0.188. The molecule has 5 rings (SSSR count). The first kappa shape index (κ1) is 23.2. The molecular weight excluding hydrogens is 457 g/mol. The lowest BCUT2D eigenvalue weighted by Crippen LogP contribution is -2.32. The van der Waals surface area contributed by atoms with Gasteiger partial charge in [0, 0.05) is 30.2 Å². The van der Waals surface area contributed by atoms with E-state index in [-0.39, 0.29) is 5.75 Å². The van der Waals surface area contributed by atoms with Crippen molar-refractivity contribution in [1.82, 2.24) is 19.4 Å². The fourth-order valence-electron chi connectivity index (χ4n) is 4.46. The number of nitrogens with zero attached hydrogens (tertiary/aromatic N) is 4. The third-order valence-corrected chi connectivity index (χ3v) is 6.36. The Morgan fingerprint density at radius 1 is 1.03 bits per heavy atom. The second-order valence-electron chi connectivity index (χ2n) is 8.71. The average Bonchev–Trinajstić information content (AvgIpc) is 3.50. The zero-order valence-corrected chi connectivity index (χ0v) is 19.2. The molecule has 0 radical (unpaired) electrons. The zero-order chi connectivity index (χ0) is 24.4. The number of ether oxygens (including phenoxy) is 1. The van der Waals surface area contributed by atoms with E-state index in [2.05, 4.69) is 14.6 Å². The summed E-state index contributed by atoms with van der Waals surface area (Å²) in [4.78, 5) is 11.2. The SMILES string of the molecule is Cc1oc(-c2ccc(-n3ccnc3)cc2)nc1CN1CCC(c2ccc(OC(F)(F)F)cc2)CC1. The Kier molecular flexibility index (Phi) is 6.34. The van der Waals surface area contributed by atoms with Gasteiger partial charge in [-0.15, -0.1) is 13.2 Å². The second-order valence-corrected chi connectivity index (χ2v) is 8.71. The normalized spacial score (nSPS) is 15.4. The van der Waals surface area contributed by atoms with Crippen LogP contribution in [0.2, 0.25) is 0 Å². The summed E-state index contributed by atoms with van der Waals surface area (Å²) in [7, 11) is 0. The predicted octanol–water partition coefficient (Wildman–Crippen LogP) is 6.11. The molecule has 0 spiro atoms. The predicted molar refractivity (Wildman–Crippen MR) is 124 cm³/mol. The van der Waals surface area contributed by atoms with E-state index in [9.17, 15) is 13.2 Å². The maximum atomic E-state index is 12.4. The van der Waals surface area contributed by atoms with Crippen molar-refractivity contribution in [1.29, 1.82) is 0 Å². The van der Waals surface area contributed by atoms with Gasteiger partial charge in [0.15, 0.2) is 0 Å². The Labute approximate surface area is 201 Å². The summed E-state index contributed by atoms with van der Waals surface area (Å²) in [6.45, 7) is 4.40. The molecule has 9 heteroatoms. The van der Waals surface area contributed by atoms with E-state index >= 15 is 0 Å². The highest BCUT2D eigenvalue weighted by molar-refractivity contribution is 5.56. The van der Waals surface area contributed by atoms with Crippen molar-refractivity contribution in [3.63, 3.8) is 0 Å². The molecular formula is C26H25F3N4O2. The Balaban J connectivity index is 1.18. The molecule has 6 nitrogen and oxygen atoms in total. The van der Waals surface area contributed by atoms with Crippen molar-refractivity contribution in [2.24, 2.45) is 0 Å². The third-order valence-electron chi connectivity index (χ3n) is 6.36. The molecule has 2 aromatic heterocycles. The quantitative estimate of drug-likeness (QED) is 0.332. The van der Waals surface area contributed by atoms with Gasteiger partial charge in [-0.2, -0.15) is 0 Å². The highest BCUT2D eigenvalue weighted by atomic mass is 19.4. The van der Waals surface area contributed by atoms with Gasteiger partial charge in [0.05, 0.1) is 12.0 Å². The van der Waals surface area contributed by atoms with E-state index in [0.717, 1.165) is 54.2 Å². The van der Waals surface area contributed by atoms with Crippen molar-refractivity contribution >= 4 is 0 Å². The first-order valence-corrected chi connectivity index (χ1v) is 11.5. The number of aryl methyl sites for hydroxylation is 1. The van der Waals surface area contributed by atoms with E-state index < -0.39 is 6.36 Å². The van der Waals surface area contributed by atoms with Gasteiger partial charge in [-0.25, -0.2) is 9.97 Å². The molecule has 4 aromatic rings. The summed E-state index contributed by atoms with van der Waals surface area (Å²) in [5, 5.41) is 0. The minimum Gasteiger partial charge on any atom is -0.441 e. The van der Waals surface area contributed by atoms with Crippen molar-refractivity contribution in [2.45, 2.75) is 38.6 Å². The molecule has 1 aliphatic rings. The summed E-state index contributed by atoms with van der Waals surface area (Å²) in [5.41, 5.74) is 3.89. The van der Waals surface area contributed by atoms with Crippen LogP contribution < -0.4 is 4.74 Å². The molecule has 35 heavy (non-hydrogen) atoms.